The molecule has 1 aliphatic heterocycles. The van der Waals surface area contributed by atoms with E-state index in [1.807, 2.05) is 22.2 Å². The van der Waals surface area contributed by atoms with E-state index in [1.165, 1.54) is 21.8 Å². The fraction of sp³-hybridized carbons (Fsp3) is 0.316. The summed E-state index contributed by atoms with van der Waals surface area (Å²) in [5.74, 6) is -0.566. The van der Waals surface area contributed by atoms with Crippen LogP contribution in [0.5, 0.6) is 0 Å². The van der Waals surface area contributed by atoms with Gasteiger partial charge in [-0.15, -0.1) is 22.7 Å². The summed E-state index contributed by atoms with van der Waals surface area (Å²) in [7, 11) is 0. The van der Waals surface area contributed by atoms with Crippen LogP contribution in [0.3, 0.4) is 0 Å². The van der Waals surface area contributed by atoms with Gasteiger partial charge in [0.25, 0.3) is 5.91 Å². The zero-order valence-corrected chi connectivity index (χ0v) is 17.2. The van der Waals surface area contributed by atoms with Crippen molar-refractivity contribution in [1.29, 1.82) is 0 Å². The molecule has 1 amide bonds. The average Bonchev–Trinajstić information content (AvgIpc) is 3.40. The van der Waals surface area contributed by atoms with E-state index in [-0.39, 0.29) is 12.3 Å². The Morgan fingerprint density at radius 1 is 1.26 bits per heavy atom. The molecule has 0 radical (unpaired) electrons. The van der Waals surface area contributed by atoms with Gasteiger partial charge < -0.3 is 9.64 Å². The molecule has 4 rings (SSSR count). The SMILES string of the molecule is CC(OC(=O)Cc1csc(-c2ccsc2)n1)C(=O)N1CCc2sccc2C1. The van der Waals surface area contributed by atoms with Gasteiger partial charge in [-0.25, -0.2) is 4.98 Å². The van der Waals surface area contributed by atoms with E-state index in [4.69, 9.17) is 4.74 Å². The molecule has 8 heteroatoms. The van der Waals surface area contributed by atoms with E-state index in [0.29, 0.717) is 18.8 Å². The second-order valence-corrected chi connectivity index (χ2v) is 8.98. The van der Waals surface area contributed by atoms with Crippen molar-refractivity contribution in [3.05, 3.63) is 49.8 Å². The Morgan fingerprint density at radius 3 is 2.96 bits per heavy atom. The van der Waals surface area contributed by atoms with Crippen LogP contribution in [0.1, 0.15) is 23.1 Å². The molecule has 0 N–H and O–H groups in total. The molecule has 0 aromatic carbocycles. The van der Waals surface area contributed by atoms with Crippen molar-refractivity contribution in [2.45, 2.75) is 32.4 Å². The van der Waals surface area contributed by atoms with Gasteiger partial charge in [0, 0.05) is 34.3 Å². The Morgan fingerprint density at radius 2 is 2.15 bits per heavy atom. The third-order valence-electron chi connectivity index (χ3n) is 4.42. The Bertz CT molecular complexity index is 945. The maximum Gasteiger partial charge on any atom is 0.312 e. The first-order valence-corrected chi connectivity index (χ1v) is 11.3. The number of thiophene rings is 2. The van der Waals surface area contributed by atoms with Crippen LogP contribution >= 0.6 is 34.0 Å². The first-order chi connectivity index (χ1) is 13.1. The highest BCUT2D eigenvalue weighted by molar-refractivity contribution is 7.14. The van der Waals surface area contributed by atoms with Crippen LogP contribution in [-0.2, 0) is 33.7 Å². The molecule has 3 aromatic heterocycles. The lowest BCUT2D eigenvalue weighted by molar-refractivity contribution is -0.159. The molecule has 0 saturated heterocycles. The number of nitrogens with zero attached hydrogens (tertiary/aromatic N) is 2. The summed E-state index contributed by atoms with van der Waals surface area (Å²) in [5, 5.41) is 8.84. The van der Waals surface area contributed by atoms with Crippen molar-refractivity contribution in [2.24, 2.45) is 0 Å². The normalized spacial score (nSPS) is 14.6. The minimum atomic E-state index is -0.785. The van der Waals surface area contributed by atoms with Crippen LogP contribution in [0.2, 0.25) is 0 Å². The van der Waals surface area contributed by atoms with Crippen molar-refractivity contribution in [3.8, 4) is 10.6 Å². The van der Waals surface area contributed by atoms with Crippen LogP contribution in [0, 0.1) is 0 Å². The molecule has 0 aliphatic carbocycles. The van der Waals surface area contributed by atoms with Gasteiger partial charge in [-0.1, -0.05) is 0 Å². The second-order valence-electron chi connectivity index (χ2n) is 6.34. The largest absolute Gasteiger partial charge is 0.452 e. The van der Waals surface area contributed by atoms with Gasteiger partial charge >= 0.3 is 5.97 Å². The molecule has 0 saturated carbocycles. The third-order valence-corrected chi connectivity index (χ3v) is 7.07. The Balaban J connectivity index is 1.32. The fourth-order valence-corrected chi connectivity index (χ4v) is 5.46. The fourth-order valence-electron chi connectivity index (χ4n) is 3.04. The third kappa shape index (κ3) is 4.12. The van der Waals surface area contributed by atoms with Crippen molar-refractivity contribution >= 4 is 45.9 Å². The molecular formula is C19H18N2O3S3. The van der Waals surface area contributed by atoms with E-state index >= 15 is 0 Å². The molecule has 1 unspecified atom stereocenters. The molecule has 4 heterocycles. The second kappa shape index (κ2) is 7.92. The number of esters is 1. The van der Waals surface area contributed by atoms with Crippen LogP contribution in [0.15, 0.2) is 33.7 Å². The van der Waals surface area contributed by atoms with E-state index in [1.54, 1.807) is 34.5 Å². The van der Waals surface area contributed by atoms with E-state index < -0.39 is 12.1 Å². The van der Waals surface area contributed by atoms with Crippen LogP contribution in [-0.4, -0.2) is 34.4 Å². The molecule has 3 aromatic rings. The summed E-state index contributed by atoms with van der Waals surface area (Å²) < 4.78 is 5.38. The van der Waals surface area contributed by atoms with Crippen molar-refractivity contribution in [1.82, 2.24) is 9.88 Å². The number of amides is 1. The topological polar surface area (TPSA) is 59.5 Å². The monoisotopic (exact) mass is 418 g/mol. The number of aromatic nitrogens is 1. The average molecular weight is 419 g/mol. The first kappa shape index (κ1) is 18.3. The summed E-state index contributed by atoms with van der Waals surface area (Å²) >= 11 is 4.85. The minimum Gasteiger partial charge on any atom is -0.452 e. The van der Waals surface area contributed by atoms with Crippen LogP contribution < -0.4 is 0 Å². The van der Waals surface area contributed by atoms with E-state index in [0.717, 1.165) is 17.0 Å². The number of carbonyl (C=O) groups is 2. The van der Waals surface area contributed by atoms with Gasteiger partial charge in [0.05, 0.1) is 12.1 Å². The zero-order valence-electron chi connectivity index (χ0n) is 14.7. The maximum absolute atomic E-state index is 12.6. The molecule has 27 heavy (non-hydrogen) atoms. The number of thiazole rings is 1. The molecule has 5 nitrogen and oxygen atoms in total. The number of hydrogen-bond acceptors (Lipinski definition) is 7. The molecule has 1 atom stereocenters. The Hall–Kier alpha value is -2.03. The lowest BCUT2D eigenvalue weighted by Gasteiger charge is -2.29. The van der Waals surface area contributed by atoms with Crippen molar-refractivity contribution in [2.75, 3.05) is 6.54 Å². The lowest BCUT2D eigenvalue weighted by atomic mass is 10.1. The molecule has 0 bridgehead atoms. The lowest BCUT2D eigenvalue weighted by Crippen LogP contribution is -2.42. The number of rotatable bonds is 5. The number of fused-ring (bicyclic) bond motifs is 1. The quantitative estimate of drug-likeness (QED) is 0.588. The highest BCUT2D eigenvalue weighted by atomic mass is 32.1. The number of hydrogen-bond donors (Lipinski definition) is 0. The summed E-state index contributed by atoms with van der Waals surface area (Å²) in [6, 6.07) is 4.06. The van der Waals surface area contributed by atoms with Crippen LogP contribution in [0.4, 0.5) is 0 Å². The number of ether oxygens (including phenoxy) is 1. The highest BCUT2D eigenvalue weighted by Gasteiger charge is 2.27. The molecule has 140 valence electrons. The minimum absolute atomic E-state index is 0.0763. The summed E-state index contributed by atoms with van der Waals surface area (Å²) in [5.41, 5.74) is 2.93. The number of carbonyl (C=O) groups excluding carboxylic acids is 2. The summed E-state index contributed by atoms with van der Waals surface area (Å²) in [6.45, 7) is 2.90. The van der Waals surface area contributed by atoms with Gasteiger partial charge in [-0.3, -0.25) is 9.59 Å². The van der Waals surface area contributed by atoms with Gasteiger partial charge in [-0.2, -0.15) is 11.3 Å². The standard InChI is InChI=1S/C19H18N2O3S3/c1-12(19(23)21-5-2-16-13(9-21)4-7-26-16)24-17(22)8-15-11-27-18(20-15)14-3-6-25-10-14/h3-4,6-7,10-12H,2,5,8-9H2,1H3. The van der Waals surface area contributed by atoms with Crippen molar-refractivity contribution in [3.63, 3.8) is 0 Å². The van der Waals surface area contributed by atoms with Gasteiger partial charge in [0.1, 0.15) is 5.01 Å². The predicted octanol–water partition coefficient (Wildman–Crippen LogP) is 3.99. The molecule has 0 fully saturated rings. The molecule has 0 spiro atoms. The zero-order chi connectivity index (χ0) is 18.8. The van der Waals surface area contributed by atoms with Gasteiger partial charge in [0.2, 0.25) is 0 Å². The van der Waals surface area contributed by atoms with Gasteiger partial charge in [-0.05, 0) is 41.8 Å². The van der Waals surface area contributed by atoms with E-state index in [9.17, 15) is 9.59 Å². The van der Waals surface area contributed by atoms with Crippen molar-refractivity contribution < 1.29 is 14.3 Å². The smallest absolute Gasteiger partial charge is 0.312 e. The molecular weight excluding hydrogens is 400 g/mol. The van der Waals surface area contributed by atoms with E-state index in [2.05, 4.69) is 16.4 Å². The first-order valence-electron chi connectivity index (χ1n) is 8.60. The van der Waals surface area contributed by atoms with Gasteiger partial charge in [0.15, 0.2) is 6.10 Å². The summed E-state index contributed by atoms with van der Waals surface area (Å²) in [6.07, 6.45) is 0.156. The van der Waals surface area contributed by atoms with Crippen LogP contribution in [0.25, 0.3) is 10.6 Å². The highest BCUT2D eigenvalue weighted by Crippen LogP contribution is 2.26. The predicted molar refractivity (Wildman–Crippen MR) is 108 cm³/mol. The Labute approximate surface area is 169 Å². The summed E-state index contributed by atoms with van der Waals surface area (Å²) in [4.78, 5) is 32.4. The molecule has 1 aliphatic rings. The Kier molecular flexibility index (Phi) is 5.38. The maximum atomic E-state index is 12.6.